The van der Waals surface area contributed by atoms with Crippen LogP contribution in [0.5, 0.6) is 0 Å². The summed E-state index contributed by atoms with van der Waals surface area (Å²) < 4.78 is 16.8. The first-order valence-electron chi connectivity index (χ1n) is 26.3. The van der Waals surface area contributed by atoms with Crippen molar-refractivity contribution in [3.8, 4) is 0 Å². The number of esters is 3. The lowest BCUT2D eigenvalue weighted by Crippen LogP contribution is -2.30. The van der Waals surface area contributed by atoms with Crippen molar-refractivity contribution in [3.63, 3.8) is 0 Å². The molecular formula is C58H96O6. The summed E-state index contributed by atoms with van der Waals surface area (Å²) in [6.07, 6.45) is 68.2. The van der Waals surface area contributed by atoms with E-state index in [1.54, 1.807) is 0 Å². The van der Waals surface area contributed by atoms with Gasteiger partial charge >= 0.3 is 17.9 Å². The van der Waals surface area contributed by atoms with Crippen LogP contribution in [-0.4, -0.2) is 37.2 Å². The fraction of sp³-hybridized carbons (Fsp3) is 0.672. The van der Waals surface area contributed by atoms with Crippen LogP contribution < -0.4 is 0 Å². The van der Waals surface area contributed by atoms with Crippen LogP contribution in [0.3, 0.4) is 0 Å². The summed E-state index contributed by atoms with van der Waals surface area (Å²) >= 11 is 0. The van der Waals surface area contributed by atoms with Gasteiger partial charge in [0.2, 0.25) is 0 Å². The van der Waals surface area contributed by atoms with Crippen molar-refractivity contribution < 1.29 is 28.6 Å². The van der Waals surface area contributed by atoms with Crippen molar-refractivity contribution in [2.45, 2.75) is 239 Å². The Balaban J connectivity index is 4.44. The first-order chi connectivity index (χ1) is 31.5. The fourth-order valence-corrected chi connectivity index (χ4v) is 7.11. The predicted molar refractivity (Wildman–Crippen MR) is 274 cm³/mol. The zero-order valence-corrected chi connectivity index (χ0v) is 41.5. The molecule has 0 fully saturated rings. The molecule has 6 heteroatoms. The second kappa shape index (κ2) is 52.0. The van der Waals surface area contributed by atoms with Crippen LogP contribution in [0.4, 0.5) is 0 Å². The van der Waals surface area contributed by atoms with Crippen LogP contribution in [0.1, 0.15) is 233 Å². The Kier molecular flexibility index (Phi) is 49.0. The zero-order chi connectivity index (χ0) is 46.5. The molecule has 0 bridgehead atoms. The summed E-state index contributed by atoms with van der Waals surface area (Å²) in [6.45, 7) is 6.31. The van der Waals surface area contributed by atoms with Gasteiger partial charge in [-0.25, -0.2) is 0 Å². The summed E-state index contributed by atoms with van der Waals surface area (Å²) in [5.41, 5.74) is 0. The van der Waals surface area contributed by atoms with E-state index in [1.165, 1.54) is 96.3 Å². The molecule has 0 N–H and O–H groups in total. The lowest BCUT2D eigenvalue weighted by molar-refractivity contribution is -0.167. The molecule has 0 aliphatic heterocycles. The van der Waals surface area contributed by atoms with Crippen molar-refractivity contribution in [2.24, 2.45) is 0 Å². The van der Waals surface area contributed by atoms with Crippen molar-refractivity contribution in [1.82, 2.24) is 0 Å². The molecule has 0 aliphatic rings. The number of unbranched alkanes of at least 4 members (excludes halogenated alkanes) is 25. The monoisotopic (exact) mass is 889 g/mol. The van der Waals surface area contributed by atoms with E-state index in [-0.39, 0.29) is 31.1 Å². The molecule has 64 heavy (non-hydrogen) atoms. The van der Waals surface area contributed by atoms with Gasteiger partial charge in [0.1, 0.15) is 13.2 Å². The van der Waals surface area contributed by atoms with Gasteiger partial charge < -0.3 is 14.2 Å². The van der Waals surface area contributed by atoms with E-state index < -0.39 is 6.10 Å². The molecule has 0 saturated carbocycles. The maximum absolute atomic E-state index is 12.8. The molecule has 1 unspecified atom stereocenters. The lowest BCUT2D eigenvalue weighted by Gasteiger charge is -2.18. The first-order valence-corrected chi connectivity index (χ1v) is 26.3. The lowest BCUT2D eigenvalue weighted by atomic mass is 10.0. The third-order valence-corrected chi connectivity index (χ3v) is 11.0. The average molecular weight is 889 g/mol. The van der Waals surface area contributed by atoms with Gasteiger partial charge in [-0.1, -0.05) is 253 Å². The smallest absolute Gasteiger partial charge is 0.306 e. The third kappa shape index (κ3) is 49.3. The first kappa shape index (κ1) is 60.3. The van der Waals surface area contributed by atoms with Gasteiger partial charge in [-0.2, -0.15) is 0 Å². The molecule has 0 heterocycles. The minimum absolute atomic E-state index is 0.0994. The Morgan fingerprint density at radius 3 is 0.969 bits per heavy atom. The van der Waals surface area contributed by atoms with Crippen LogP contribution >= 0.6 is 0 Å². The van der Waals surface area contributed by atoms with Crippen LogP contribution in [-0.2, 0) is 28.6 Å². The fourth-order valence-electron chi connectivity index (χ4n) is 7.11. The largest absolute Gasteiger partial charge is 0.462 e. The van der Waals surface area contributed by atoms with Gasteiger partial charge in [-0.05, 0) is 57.8 Å². The molecule has 0 amide bonds. The number of allylic oxidation sites excluding steroid dienone is 16. The second-order valence-electron chi connectivity index (χ2n) is 17.2. The molecule has 0 aliphatic carbocycles. The average Bonchev–Trinajstić information content (AvgIpc) is 3.29. The van der Waals surface area contributed by atoms with Crippen molar-refractivity contribution in [3.05, 3.63) is 97.2 Å². The van der Waals surface area contributed by atoms with Gasteiger partial charge in [-0.3, -0.25) is 14.4 Å². The summed E-state index contributed by atoms with van der Waals surface area (Å²) in [7, 11) is 0. The van der Waals surface area contributed by atoms with Gasteiger partial charge in [0.15, 0.2) is 6.10 Å². The maximum Gasteiger partial charge on any atom is 0.306 e. The minimum atomic E-state index is -0.805. The molecule has 0 spiro atoms. The number of carbonyl (C=O) groups excluding carboxylic acids is 3. The zero-order valence-electron chi connectivity index (χ0n) is 41.5. The molecule has 0 aromatic rings. The molecule has 6 nitrogen and oxygen atoms in total. The van der Waals surface area contributed by atoms with E-state index in [9.17, 15) is 14.4 Å². The quantitative estimate of drug-likeness (QED) is 0.0262. The second-order valence-corrected chi connectivity index (χ2v) is 17.2. The number of ether oxygens (including phenoxy) is 3. The SMILES string of the molecule is CC/C=C/C=C/C=C/C=C/CCCCCCCC(=O)OC(COC(=O)CCCCC/C=C/C=C/C=C/C=C/CC)COC(=O)CCCCCCCCCCCCCCCCCCCC. The van der Waals surface area contributed by atoms with E-state index in [0.29, 0.717) is 19.3 Å². The molecule has 0 aromatic heterocycles. The summed E-state index contributed by atoms with van der Waals surface area (Å²) in [6, 6.07) is 0. The molecule has 1 atom stereocenters. The Morgan fingerprint density at radius 2 is 0.609 bits per heavy atom. The van der Waals surface area contributed by atoms with E-state index in [0.717, 1.165) is 96.3 Å². The van der Waals surface area contributed by atoms with Crippen molar-refractivity contribution >= 4 is 17.9 Å². The Hall–Kier alpha value is -3.67. The minimum Gasteiger partial charge on any atom is -0.462 e. The molecule has 0 radical (unpaired) electrons. The van der Waals surface area contributed by atoms with Crippen molar-refractivity contribution in [1.29, 1.82) is 0 Å². The van der Waals surface area contributed by atoms with E-state index in [2.05, 4.69) is 57.2 Å². The molecule has 364 valence electrons. The number of carbonyl (C=O) groups is 3. The standard InChI is InChI=1S/C58H96O6/c1-4-7-10-13-16-19-22-25-27-28-29-31-33-36-39-42-45-48-51-57(60)63-54-55(53-62-56(59)50-47-44-41-38-35-32-24-21-18-15-12-9-6-3)64-58(61)52-49-46-43-40-37-34-30-26-23-20-17-14-11-8-5-2/h8-9,11-12,14-15,17-18,20-21,23-24,26,30,32,35,55H,4-7,10,13,16,19,22,25,27-29,31,33-34,36-54H2,1-3H3/b11-8+,12-9+,17-14+,18-15+,23-20+,24-21+,30-26+,35-32+. The molecular weight excluding hydrogens is 793 g/mol. The molecule has 0 saturated heterocycles. The highest BCUT2D eigenvalue weighted by Gasteiger charge is 2.19. The Labute approximate surface area is 394 Å². The van der Waals surface area contributed by atoms with Crippen LogP contribution in [0, 0.1) is 0 Å². The van der Waals surface area contributed by atoms with Crippen LogP contribution in [0.2, 0.25) is 0 Å². The summed E-state index contributed by atoms with van der Waals surface area (Å²) in [4.78, 5) is 38.0. The Morgan fingerprint density at radius 1 is 0.328 bits per heavy atom. The highest BCUT2D eigenvalue weighted by molar-refractivity contribution is 5.71. The van der Waals surface area contributed by atoms with Gasteiger partial charge in [0.25, 0.3) is 0 Å². The summed E-state index contributed by atoms with van der Waals surface area (Å²) in [5, 5.41) is 0. The third-order valence-electron chi connectivity index (χ3n) is 11.0. The highest BCUT2D eigenvalue weighted by atomic mass is 16.6. The topological polar surface area (TPSA) is 78.9 Å². The maximum atomic E-state index is 12.8. The van der Waals surface area contributed by atoms with Gasteiger partial charge in [-0.15, -0.1) is 0 Å². The van der Waals surface area contributed by atoms with Gasteiger partial charge in [0, 0.05) is 19.3 Å². The predicted octanol–water partition coefficient (Wildman–Crippen LogP) is 17.4. The van der Waals surface area contributed by atoms with Gasteiger partial charge in [0.05, 0.1) is 0 Å². The Bertz CT molecular complexity index is 1300. The highest BCUT2D eigenvalue weighted by Crippen LogP contribution is 2.16. The molecule has 0 rings (SSSR count). The van der Waals surface area contributed by atoms with E-state index in [4.69, 9.17) is 14.2 Å². The van der Waals surface area contributed by atoms with Crippen LogP contribution in [0.15, 0.2) is 97.2 Å². The number of rotatable bonds is 46. The summed E-state index contributed by atoms with van der Waals surface area (Å²) in [5.74, 6) is -0.963. The van der Waals surface area contributed by atoms with Crippen molar-refractivity contribution in [2.75, 3.05) is 13.2 Å². The van der Waals surface area contributed by atoms with Crippen LogP contribution in [0.25, 0.3) is 0 Å². The molecule has 0 aromatic carbocycles. The number of hydrogen-bond acceptors (Lipinski definition) is 6. The number of hydrogen-bond donors (Lipinski definition) is 0. The normalized spacial score (nSPS) is 12.9. The van der Waals surface area contributed by atoms with E-state index in [1.807, 2.05) is 60.8 Å². The van der Waals surface area contributed by atoms with E-state index >= 15 is 0 Å².